The average molecular weight is 255 g/mol. The van der Waals surface area contributed by atoms with Gasteiger partial charge in [-0.15, -0.1) is 5.10 Å². The van der Waals surface area contributed by atoms with Gasteiger partial charge in [0.25, 0.3) is 5.91 Å². The number of rotatable bonds is 2. The van der Waals surface area contributed by atoms with Gasteiger partial charge in [-0.1, -0.05) is 17.3 Å². The molecule has 0 saturated carbocycles. The molecule has 1 saturated heterocycles. The zero-order valence-electron chi connectivity index (χ0n) is 9.26. The van der Waals surface area contributed by atoms with Gasteiger partial charge < -0.3 is 10.0 Å². The Morgan fingerprint density at radius 3 is 2.41 bits per heavy atom. The fraction of sp³-hybridized carbons (Fsp3) is 0.600. The van der Waals surface area contributed by atoms with Crippen LogP contribution >= 0.6 is 11.5 Å². The highest BCUT2D eigenvalue weighted by atomic mass is 32.1. The molecule has 2 rings (SSSR count). The van der Waals surface area contributed by atoms with E-state index in [1.807, 2.05) is 0 Å². The molecule has 0 aromatic carbocycles. The standard InChI is InChI=1S/C10H13N3O3S/c14-9(13-5-3-1-2-4-6-13)7-8(10(15)16)17-12-11-7/h1-6H2,(H,15,16). The fourth-order valence-electron chi connectivity index (χ4n) is 1.89. The molecule has 7 heteroatoms. The summed E-state index contributed by atoms with van der Waals surface area (Å²) in [7, 11) is 0. The minimum Gasteiger partial charge on any atom is -0.477 e. The summed E-state index contributed by atoms with van der Waals surface area (Å²) < 4.78 is 3.55. The molecule has 1 fully saturated rings. The Morgan fingerprint density at radius 2 is 1.82 bits per heavy atom. The van der Waals surface area contributed by atoms with E-state index in [1.54, 1.807) is 4.90 Å². The van der Waals surface area contributed by atoms with Crippen LogP contribution in [0.1, 0.15) is 45.8 Å². The molecule has 2 heterocycles. The molecular weight excluding hydrogens is 242 g/mol. The molecule has 92 valence electrons. The molecule has 6 nitrogen and oxygen atoms in total. The van der Waals surface area contributed by atoms with Crippen molar-refractivity contribution in [3.63, 3.8) is 0 Å². The van der Waals surface area contributed by atoms with Crippen LogP contribution in [0.5, 0.6) is 0 Å². The maximum absolute atomic E-state index is 12.1. The minimum absolute atomic E-state index is 0.0237. The summed E-state index contributed by atoms with van der Waals surface area (Å²) in [6.45, 7) is 1.35. The van der Waals surface area contributed by atoms with Crippen LogP contribution < -0.4 is 0 Å². The van der Waals surface area contributed by atoms with Crippen LogP contribution in [0.25, 0.3) is 0 Å². The highest BCUT2D eigenvalue weighted by Crippen LogP contribution is 2.16. The van der Waals surface area contributed by atoms with E-state index in [-0.39, 0.29) is 16.5 Å². The number of carboxylic acid groups (broad SMARTS) is 1. The fourth-order valence-corrected chi connectivity index (χ4v) is 2.39. The van der Waals surface area contributed by atoms with Gasteiger partial charge in [0.1, 0.15) is 0 Å². The average Bonchev–Trinajstić information content (AvgIpc) is 2.64. The van der Waals surface area contributed by atoms with E-state index < -0.39 is 5.97 Å². The molecule has 0 aliphatic carbocycles. The Kier molecular flexibility index (Phi) is 3.68. The highest BCUT2D eigenvalue weighted by molar-refractivity contribution is 7.08. The van der Waals surface area contributed by atoms with E-state index in [9.17, 15) is 9.59 Å². The Hall–Kier alpha value is -1.50. The molecule has 0 radical (unpaired) electrons. The maximum Gasteiger partial charge on any atom is 0.350 e. The summed E-state index contributed by atoms with van der Waals surface area (Å²) in [5.41, 5.74) is -0.0237. The second-order valence-electron chi connectivity index (χ2n) is 3.96. The predicted molar refractivity (Wildman–Crippen MR) is 61.2 cm³/mol. The Morgan fingerprint density at radius 1 is 1.18 bits per heavy atom. The molecule has 1 amide bonds. The summed E-state index contributed by atoms with van der Waals surface area (Å²) in [4.78, 5) is 24.6. The number of nitrogens with zero attached hydrogens (tertiary/aromatic N) is 3. The first-order valence-electron chi connectivity index (χ1n) is 5.55. The van der Waals surface area contributed by atoms with E-state index >= 15 is 0 Å². The van der Waals surface area contributed by atoms with Crippen molar-refractivity contribution >= 4 is 23.4 Å². The lowest BCUT2D eigenvalue weighted by Gasteiger charge is -2.18. The maximum atomic E-state index is 12.1. The van der Waals surface area contributed by atoms with Gasteiger partial charge in [0.2, 0.25) is 0 Å². The van der Waals surface area contributed by atoms with Gasteiger partial charge in [-0.2, -0.15) is 0 Å². The molecule has 0 spiro atoms. The Balaban J connectivity index is 2.17. The van der Waals surface area contributed by atoms with Crippen molar-refractivity contribution < 1.29 is 14.7 Å². The second kappa shape index (κ2) is 5.22. The number of hydrogen-bond donors (Lipinski definition) is 1. The Labute approximate surface area is 102 Å². The monoisotopic (exact) mass is 255 g/mol. The molecule has 17 heavy (non-hydrogen) atoms. The Bertz CT molecular complexity index is 424. The first kappa shape index (κ1) is 12.0. The highest BCUT2D eigenvalue weighted by Gasteiger charge is 2.26. The number of carbonyl (C=O) groups excluding carboxylic acids is 1. The lowest BCUT2D eigenvalue weighted by molar-refractivity contribution is 0.0679. The molecule has 0 bridgehead atoms. The molecule has 0 unspecified atom stereocenters. The van der Waals surface area contributed by atoms with Crippen LogP contribution in [0.15, 0.2) is 0 Å². The van der Waals surface area contributed by atoms with Gasteiger partial charge in [0.05, 0.1) is 0 Å². The van der Waals surface area contributed by atoms with Gasteiger partial charge in [0, 0.05) is 13.1 Å². The number of aromatic carboxylic acids is 1. The number of carbonyl (C=O) groups is 2. The zero-order chi connectivity index (χ0) is 12.3. The topological polar surface area (TPSA) is 83.4 Å². The summed E-state index contributed by atoms with van der Waals surface area (Å²) >= 11 is 0.747. The number of likely N-dealkylation sites (tertiary alicyclic amines) is 1. The number of carboxylic acids is 1. The van der Waals surface area contributed by atoms with Crippen molar-refractivity contribution in [1.82, 2.24) is 14.5 Å². The first-order valence-corrected chi connectivity index (χ1v) is 6.32. The quantitative estimate of drug-likeness (QED) is 0.860. The number of amides is 1. The lowest BCUT2D eigenvalue weighted by atomic mass is 10.2. The molecule has 1 N–H and O–H groups in total. The van der Waals surface area contributed by atoms with Crippen LogP contribution in [0.2, 0.25) is 0 Å². The third-order valence-electron chi connectivity index (χ3n) is 2.78. The SMILES string of the molecule is O=C(O)c1snnc1C(=O)N1CCCCCC1. The van der Waals surface area contributed by atoms with E-state index in [0.29, 0.717) is 13.1 Å². The predicted octanol–water partition coefficient (Wildman–Crippen LogP) is 1.25. The van der Waals surface area contributed by atoms with Gasteiger partial charge in [0.15, 0.2) is 10.6 Å². The van der Waals surface area contributed by atoms with Crippen molar-refractivity contribution in [2.75, 3.05) is 13.1 Å². The van der Waals surface area contributed by atoms with E-state index in [2.05, 4.69) is 9.59 Å². The van der Waals surface area contributed by atoms with Crippen molar-refractivity contribution in [2.24, 2.45) is 0 Å². The molecule has 1 aromatic heterocycles. The third-order valence-corrected chi connectivity index (χ3v) is 3.49. The van der Waals surface area contributed by atoms with Crippen LogP contribution in [0, 0.1) is 0 Å². The van der Waals surface area contributed by atoms with Crippen molar-refractivity contribution in [3.05, 3.63) is 10.6 Å². The minimum atomic E-state index is -1.14. The molecular formula is C10H13N3O3S. The largest absolute Gasteiger partial charge is 0.477 e. The molecule has 0 atom stereocenters. The molecule has 1 aliphatic rings. The normalized spacial score (nSPS) is 16.6. The number of aromatic nitrogens is 2. The second-order valence-corrected chi connectivity index (χ2v) is 4.72. The summed E-state index contributed by atoms with van der Waals surface area (Å²) in [6, 6.07) is 0. The van der Waals surface area contributed by atoms with Crippen molar-refractivity contribution in [2.45, 2.75) is 25.7 Å². The van der Waals surface area contributed by atoms with Crippen LogP contribution in [0.4, 0.5) is 0 Å². The first-order chi connectivity index (χ1) is 8.20. The van der Waals surface area contributed by atoms with Crippen LogP contribution in [0.3, 0.4) is 0 Å². The third kappa shape index (κ3) is 2.60. The molecule has 1 aliphatic heterocycles. The van der Waals surface area contributed by atoms with E-state index in [1.165, 1.54) is 0 Å². The number of hydrogen-bond acceptors (Lipinski definition) is 5. The van der Waals surface area contributed by atoms with Gasteiger partial charge in [-0.05, 0) is 24.4 Å². The van der Waals surface area contributed by atoms with E-state index in [4.69, 9.17) is 5.11 Å². The van der Waals surface area contributed by atoms with Crippen LogP contribution in [-0.2, 0) is 0 Å². The summed E-state index contributed by atoms with van der Waals surface area (Å²) in [6.07, 6.45) is 4.16. The summed E-state index contributed by atoms with van der Waals surface area (Å²) in [5.74, 6) is -1.45. The van der Waals surface area contributed by atoms with Crippen molar-refractivity contribution in [1.29, 1.82) is 0 Å². The van der Waals surface area contributed by atoms with Gasteiger partial charge in [-0.3, -0.25) is 4.79 Å². The zero-order valence-corrected chi connectivity index (χ0v) is 10.1. The lowest BCUT2D eigenvalue weighted by Crippen LogP contribution is -2.33. The smallest absolute Gasteiger partial charge is 0.350 e. The molecule has 1 aromatic rings. The van der Waals surface area contributed by atoms with Crippen molar-refractivity contribution in [3.8, 4) is 0 Å². The van der Waals surface area contributed by atoms with E-state index in [0.717, 1.165) is 37.2 Å². The van der Waals surface area contributed by atoms with Gasteiger partial charge in [-0.25, -0.2) is 4.79 Å². The van der Waals surface area contributed by atoms with Gasteiger partial charge >= 0.3 is 5.97 Å². The van der Waals surface area contributed by atoms with Crippen LogP contribution in [-0.4, -0.2) is 44.6 Å². The summed E-state index contributed by atoms with van der Waals surface area (Å²) in [5, 5.41) is 12.6.